The van der Waals surface area contributed by atoms with Crippen LogP contribution in [0.5, 0.6) is 5.75 Å². The molecule has 2 aliphatic rings. The van der Waals surface area contributed by atoms with Crippen LogP contribution in [0.25, 0.3) is 0 Å². The average Bonchev–Trinajstić information content (AvgIpc) is 3.23. The van der Waals surface area contributed by atoms with Gasteiger partial charge in [0.05, 0.1) is 12.8 Å². The summed E-state index contributed by atoms with van der Waals surface area (Å²) in [5.74, 6) is 2.71. The highest BCUT2D eigenvalue weighted by atomic mass is 16.5. The first kappa shape index (κ1) is 17.8. The standard InChI is InChI=1S/C23H25N5O/c1-29-21-9-5-4-8-20(21)26-14-16-27(17-15-26)23-24-12-10-22(25-23)28-13-11-18-6-2-3-7-19(18)28/h2-10,12H,11,13-17H2,1H3. The number of para-hydroxylation sites is 3. The Balaban J connectivity index is 1.32. The molecule has 0 atom stereocenters. The van der Waals surface area contributed by atoms with Crippen LogP contribution in [0.2, 0.25) is 0 Å². The Morgan fingerprint density at radius 3 is 2.34 bits per heavy atom. The van der Waals surface area contributed by atoms with E-state index in [9.17, 15) is 0 Å². The first-order valence-electron chi connectivity index (χ1n) is 10.1. The van der Waals surface area contributed by atoms with Gasteiger partial charge >= 0.3 is 0 Å². The predicted octanol–water partition coefficient (Wildman–Crippen LogP) is 3.51. The fraction of sp³-hybridized carbons (Fsp3) is 0.304. The summed E-state index contributed by atoms with van der Waals surface area (Å²) in [6.07, 6.45) is 2.94. The Labute approximate surface area is 171 Å². The number of ether oxygens (including phenoxy) is 1. The molecule has 0 bridgehead atoms. The van der Waals surface area contributed by atoms with Crippen LogP contribution in [-0.4, -0.2) is 49.8 Å². The number of hydrogen-bond acceptors (Lipinski definition) is 6. The Morgan fingerprint density at radius 2 is 1.52 bits per heavy atom. The molecule has 0 spiro atoms. The number of rotatable bonds is 4. The molecule has 1 fully saturated rings. The molecule has 0 radical (unpaired) electrons. The van der Waals surface area contributed by atoms with E-state index in [1.807, 2.05) is 24.4 Å². The topological polar surface area (TPSA) is 44.7 Å². The smallest absolute Gasteiger partial charge is 0.227 e. The van der Waals surface area contributed by atoms with Crippen molar-refractivity contribution in [1.29, 1.82) is 0 Å². The van der Waals surface area contributed by atoms with Gasteiger partial charge in [-0.3, -0.25) is 0 Å². The summed E-state index contributed by atoms with van der Waals surface area (Å²) in [6, 6.07) is 18.8. The van der Waals surface area contributed by atoms with Crippen LogP contribution in [0, 0.1) is 0 Å². The van der Waals surface area contributed by atoms with E-state index in [0.29, 0.717) is 0 Å². The van der Waals surface area contributed by atoms with Gasteiger partial charge in [-0.2, -0.15) is 4.98 Å². The fourth-order valence-electron chi connectivity index (χ4n) is 4.26. The zero-order chi connectivity index (χ0) is 19.6. The molecule has 2 aromatic carbocycles. The van der Waals surface area contributed by atoms with Gasteiger partial charge in [0, 0.05) is 44.6 Å². The van der Waals surface area contributed by atoms with Gasteiger partial charge in [0.1, 0.15) is 11.6 Å². The van der Waals surface area contributed by atoms with Gasteiger partial charge in [0.2, 0.25) is 5.95 Å². The van der Waals surface area contributed by atoms with E-state index in [-0.39, 0.29) is 0 Å². The number of methoxy groups -OCH3 is 1. The minimum Gasteiger partial charge on any atom is -0.495 e. The highest BCUT2D eigenvalue weighted by Crippen LogP contribution is 2.34. The molecule has 2 aliphatic heterocycles. The molecule has 29 heavy (non-hydrogen) atoms. The second-order valence-corrected chi connectivity index (χ2v) is 7.39. The molecular formula is C23H25N5O. The lowest BCUT2D eigenvalue weighted by atomic mass is 10.2. The Bertz CT molecular complexity index is 1000. The molecule has 148 valence electrons. The second kappa shape index (κ2) is 7.62. The van der Waals surface area contributed by atoms with Crippen LogP contribution in [-0.2, 0) is 6.42 Å². The fourth-order valence-corrected chi connectivity index (χ4v) is 4.26. The van der Waals surface area contributed by atoms with Crippen LogP contribution in [0.3, 0.4) is 0 Å². The minimum atomic E-state index is 0.812. The zero-order valence-electron chi connectivity index (χ0n) is 16.7. The van der Waals surface area contributed by atoms with Crippen LogP contribution in [0.15, 0.2) is 60.8 Å². The number of piperazine rings is 1. The highest BCUT2D eigenvalue weighted by molar-refractivity contribution is 5.68. The molecule has 1 saturated heterocycles. The third-order valence-corrected chi connectivity index (χ3v) is 5.78. The number of anilines is 4. The van der Waals surface area contributed by atoms with Crippen molar-refractivity contribution in [2.45, 2.75) is 6.42 Å². The van der Waals surface area contributed by atoms with E-state index in [0.717, 1.165) is 62.3 Å². The van der Waals surface area contributed by atoms with Gasteiger partial charge in [-0.1, -0.05) is 30.3 Å². The van der Waals surface area contributed by atoms with Gasteiger partial charge in [-0.15, -0.1) is 0 Å². The molecule has 5 rings (SSSR count). The normalized spacial score (nSPS) is 16.1. The first-order chi connectivity index (χ1) is 14.3. The lowest BCUT2D eigenvalue weighted by Gasteiger charge is -2.36. The second-order valence-electron chi connectivity index (χ2n) is 7.39. The van der Waals surface area contributed by atoms with Gasteiger partial charge in [0.25, 0.3) is 0 Å². The number of hydrogen-bond donors (Lipinski definition) is 0. The van der Waals surface area contributed by atoms with E-state index >= 15 is 0 Å². The average molecular weight is 387 g/mol. The van der Waals surface area contributed by atoms with Crippen LogP contribution in [0.1, 0.15) is 5.56 Å². The number of nitrogens with zero attached hydrogens (tertiary/aromatic N) is 5. The summed E-state index contributed by atoms with van der Waals surface area (Å²) < 4.78 is 5.53. The van der Waals surface area contributed by atoms with Crippen LogP contribution in [0.4, 0.5) is 23.1 Å². The predicted molar refractivity (Wildman–Crippen MR) is 117 cm³/mol. The van der Waals surface area contributed by atoms with E-state index in [1.54, 1.807) is 7.11 Å². The zero-order valence-corrected chi connectivity index (χ0v) is 16.7. The van der Waals surface area contributed by atoms with E-state index in [2.05, 4.69) is 56.1 Å². The molecule has 0 aliphatic carbocycles. The number of benzene rings is 2. The van der Waals surface area contributed by atoms with E-state index in [4.69, 9.17) is 9.72 Å². The summed E-state index contributed by atoms with van der Waals surface area (Å²) >= 11 is 0. The largest absolute Gasteiger partial charge is 0.495 e. The SMILES string of the molecule is COc1ccccc1N1CCN(c2nccc(N3CCc4ccccc43)n2)CC1. The van der Waals surface area contributed by atoms with Crippen molar-refractivity contribution in [3.05, 3.63) is 66.4 Å². The summed E-state index contributed by atoms with van der Waals surface area (Å²) in [5.41, 5.74) is 3.80. The van der Waals surface area contributed by atoms with Crippen molar-refractivity contribution < 1.29 is 4.74 Å². The summed E-state index contributed by atoms with van der Waals surface area (Å²) in [5, 5.41) is 0. The quantitative estimate of drug-likeness (QED) is 0.683. The van der Waals surface area contributed by atoms with Gasteiger partial charge in [-0.25, -0.2) is 4.98 Å². The van der Waals surface area contributed by atoms with Crippen molar-refractivity contribution in [3.8, 4) is 5.75 Å². The molecule has 1 aromatic heterocycles. The van der Waals surface area contributed by atoms with Gasteiger partial charge < -0.3 is 19.4 Å². The molecule has 0 unspecified atom stereocenters. The first-order valence-corrected chi connectivity index (χ1v) is 10.1. The molecule has 3 heterocycles. The summed E-state index contributed by atoms with van der Waals surface area (Å²) in [6.45, 7) is 4.58. The van der Waals surface area contributed by atoms with E-state index < -0.39 is 0 Å². The Kier molecular flexibility index (Phi) is 4.68. The highest BCUT2D eigenvalue weighted by Gasteiger charge is 2.24. The summed E-state index contributed by atoms with van der Waals surface area (Å²) in [7, 11) is 1.73. The van der Waals surface area contributed by atoms with E-state index in [1.165, 1.54) is 11.3 Å². The van der Waals surface area contributed by atoms with Crippen molar-refractivity contribution in [2.24, 2.45) is 0 Å². The molecule has 0 amide bonds. The van der Waals surface area contributed by atoms with Crippen molar-refractivity contribution in [3.63, 3.8) is 0 Å². The Hall–Kier alpha value is -3.28. The maximum Gasteiger partial charge on any atom is 0.227 e. The molecule has 0 saturated carbocycles. The summed E-state index contributed by atoms with van der Waals surface area (Å²) in [4.78, 5) is 16.4. The number of aromatic nitrogens is 2. The maximum atomic E-state index is 5.53. The van der Waals surface area contributed by atoms with Gasteiger partial charge in [0.15, 0.2) is 0 Å². The monoisotopic (exact) mass is 387 g/mol. The number of fused-ring (bicyclic) bond motifs is 1. The molecule has 6 heteroatoms. The van der Waals surface area contributed by atoms with Crippen molar-refractivity contribution in [2.75, 3.05) is 54.5 Å². The molecule has 6 nitrogen and oxygen atoms in total. The minimum absolute atomic E-state index is 0.812. The third kappa shape index (κ3) is 3.35. The van der Waals surface area contributed by atoms with Crippen molar-refractivity contribution in [1.82, 2.24) is 9.97 Å². The Morgan fingerprint density at radius 1 is 0.793 bits per heavy atom. The van der Waals surface area contributed by atoms with Crippen LogP contribution >= 0.6 is 0 Å². The lowest BCUT2D eigenvalue weighted by molar-refractivity contribution is 0.413. The lowest BCUT2D eigenvalue weighted by Crippen LogP contribution is -2.47. The maximum absolute atomic E-state index is 5.53. The molecule has 3 aromatic rings. The third-order valence-electron chi connectivity index (χ3n) is 5.78. The van der Waals surface area contributed by atoms with Gasteiger partial charge in [-0.05, 0) is 36.2 Å². The van der Waals surface area contributed by atoms with Crippen molar-refractivity contribution >= 4 is 23.1 Å². The van der Waals surface area contributed by atoms with Crippen LogP contribution < -0.4 is 19.4 Å². The molecular weight excluding hydrogens is 362 g/mol. The molecule has 0 N–H and O–H groups in total.